The fourth-order valence-electron chi connectivity index (χ4n) is 4.50. The second-order valence-electron chi connectivity index (χ2n) is 10.0. The predicted octanol–water partition coefficient (Wildman–Crippen LogP) is 7.07. The van der Waals surface area contributed by atoms with E-state index in [1.165, 1.54) is 35.9 Å². The van der Waals surface area contributed by atoms with Crippen molar-refractivity contribution in [2.45, 2.75) is 26.4 Å². The molecular weight excluding hydrogens is 672 g/mol. The van der Waals surface area contributed by atoms with Crippen LogP contribution in [0.2, 0.25) is 0 Å². The van der Waals surface area contributed by atoms with Gasteiger partial charge in [-0.1, -0.05) is 19.1 Å². The van der Waals surface area contributed by atoms with E-state index in [2.05, 4.69) is 41.5 Å². The van der Waals surface area contributed by atoms with E-state index in [1.807, 2.05) is 24.4 Å². The summed E-state index contributed by atoms with van der Waals surface area (Å²) in [6, 6.07) is 14.7. The first-order valence-electron chi connectivity index (χ1n) is 13.9. The largest absolute Gasteiger partial charge is 0.488 e. The molecule has 44 heavy (non-hydrogen) atoms. The molecule has 8 nitrogen and oxygen atoms in total. The standard InChI is InChI=1S/C31H30BrF2N5O3S2/c1-2-11-44(40,41)12-10-35-9-8-30-39-28(18-43-30)23-15-24-27(16-26(23)34)36-19-37-31(24)38-22-6-7-29(25(32)14-22)42-17-20-4-3-5-21(33)13-20/h3-7,13-16,18-19,35H,2,8-12,17H2,1H3,(H,36,37,38). The van der Waals surface area contributed by atoms with Gasteiger partial charge in [0.05, 0.1) is 26.4 Å². The van der Waals surface area contributed by atoms with E-state index in [-0.39, 0.29) is 23.9 Å². The van der Waals surface area contributed by atoms with Crippen LogP contribution in [0, 0.1) is 11.6 Å². The number of benzene rings is 3. The Bertz CT molecular complexity index is 1870. The third-order valence-electron chi connectivity index (χ3n) is 6.65. The summed E-state index contributed by atoms with van der Waals surface area (Å²) in [4.78, 5) is 13.3. The van der Waals surface area contributed by atoms with Crippen LogP contribution in [0.15, 0.2) is 70.8 Å². The van der Waals surface area contributed by atoms with Crippen molar-refractivity contribution in [3.63, 3.8) is 0 Å². The van der Waals surface area contributed by atoms with Gasteiger partial charge < -0.3 is 15.4 Å². The lowest BCUT2D eigenvalue weighted by Gasteiger charge is -2.13. The van der Waals surface area contributed by atoms with Gasteiger partial charge in [0.1, 0.15) is 36.1 Å². The minimum atomic E-state index is -3.02. The zero-order chi connectivity index (χ0) is 31.1. The first kappa shape index (κ1) is 31.9. The van der Waals surface area contributed by atoms with Crippen LogP contribution in [-0.4, -0.2) is 48.0 Å². The van der Waals surface area contributed by atoms with E-state index in [0.717, 1.165) is 5.01 Å². The van der Waals surface area contributed by atoms with Crippen LogP contribution in [0.5, 0.6) is 5.75 Å². The minimum Gasteiger partial charge on any atom is -0.488 e. The van der Waals surface area contributed by atoms with Gasteiger partial charge in [-0.25, -0.2) is 32.2 Å². The number of thiazole rings is 1. The second-order valence-corrected chi connectivity index (χ2v) is 14.1. The molecule has 0 fully saturated rings. The Labute approximate surface area is 267 Å². The quantitative estimate of drug-likeness (QED) is 0.118. The first-order valence-corrected chi connectivity index (χ1v) is 17.4. The van der Waals surface area contributed by atoms with Gasteiger partial charge in [-0.15, -0.1) is 11.3 Å². The number of fused-ring (bicyclic) bond motifs is 1. The molecule has 13 heteroatoms. The maximum absolute atomic E-state index is 15.2. The summed E-state index contributed by atoms with van der Waals surface area (Å²) in [5.74, 6) is 0.628. The van der Waals surface area contributed by atoms with Gasteiger partial charge in [0.15, 0.2) is 9.84 Å². The molecule has 0 aliphatic carbocycles. The van der Waals surface area contributed by atoms with Crippen molar-refractivity contribution in [2.24, 2.45) is 0 Å². The summed E-state index contributed by atoms with van der Waals surface area (Å²) in [5.41, 5.74) is 2.71. The highest BCUT2D eigenvalue weighted by Crippen LogP contribution is 2.34. The van der Waals surface area contributed by atoms with Crippen LogP contribution < -0.4 is 15.4 Å². The summed E-state index contributed by atoms with van der Waals surface area (Å²) in [7, 11) is -3.02. The lowest BCUT2D eigenvalue weighted by molar-refractivity contribution is 0.303. The van der Waals surface area contributed by atoms with Gasteiger partial charge in [0.25, 0.3) is 0 Å². The average Bonchev–Trinajstić information content (AvgIpc) is 3.45. The summed E-state index contributed by atoms with van der Waals surface area (Å²) in [5, 5.41) is 9.68. The Morgan fingerprint density at radius 2 is 1.89 bits per heavy atom. The van der Waals surface area contributed by atoms with Crippen molar-refractivity contribution in [2.75, 3.05) is 29.9 Å². The molecule has 0 unspecified atom stereocenters. The highest BCUT2D eigenvalue weighted by atomic mass is 79.9. The van der Waals surface area contributed by atoms with Crippen LogP contribution in [0.25, 0.3) is 22.2 Å². The van der Waals surface area contributed by atoms with Gasteiger partial charge in [-0.2, -0.15) is 0 Å². The molecule has 0 spiro atoms. The number of aromatic nitrogens is 3. The molecule has 0 radical (unpaired) electrons. The fraction of sp³-hybridized carbons (Fsp3) is 0.258. The lowest BCUT2D eigenvalue weighted by Crippen LogP contribution is -2.26. The molecule has 0 aliphatic rings. The van der Waals surface area contributed by atoms with Crippen LogP contribution in [0.4, 0.5) is 20.3 Å². The van der Waals surface area contributed by atoms with E-state index >= 15 is 4.39 Å². The molecule has 0 saturated carbocycles. The van der Waals surface area contributed by atoms with E-state index in [9.17, 15) is 12.8 Å². The molecule has 0 amide bonds. The molecule has 230 valence electrons. The monoisotopic (exact) mass is 701 g/mol. The Hall–Kier alpha value is -3.52. The summed E-state index contributed by atoms with van der Waals surface area (Å²) in [6.45, 7) is 3.02. The van der Waals surface area contributed by atoms with Crippen molar-refractivity contribution < 1.29 is 21.9 Å². The van der Waals surface area contributed by atoms with Gasteiger partial charge >= 0.3 is 0 Å². The number of sulfone groups is 1. The van der Waals surface area contributed by atoms with Crippen molar-refractivity contribution >= 4 is 59.5 Å². The highest BCUT2D eigenvalue weighted by molar-refractivity contribution is 9.10. The van der Waals surface area contributed by atoms with Gasteiger partial charge in [-0.3, -0.25) is 0 Å². The van der Waals surface area contributed by atoms with E-state index < -0.39 is 15.7 Å². The molecule has 5 rings (SSSR count). The molecule has 2 heterocycles. The Morgan fingerprint density at radius 1 is 1.02 bits per heavy atom. The minimum absolute atomic E-state index is 0.107. The molecule has 0 saturated heterocycles. The topological polar surface area (TPSA) is 106 Å². The normalized spacial score (nSPS) is 11.6. The zero-order valence-corrected chi connectivity index (χ0v) is 27.0. The third-order valence-corrected chi connectivity index (χ3v) is 10.0. The summed E-state index contributed by atoms with van der Waals surface area (Å²) >= 11 is 4.96. The predicted molar refractivity (Wildman–Crippen MR) is 174 cm³/mol. The first-order chi connectivity index (χ1) is 21.2. The van der Waals surface area contributed by atoms with Crippen LogP contribution >= 0.6 is 27.3 Å². The van der Waals surface area contributed by atoms with Crippen molar-refractivity contribution in [3.05, 3.63) is 93.0 Å². The molecule has 0 aliphatic heterocycles. The Balaban J connectivity index is 1.26. The number of nitrogens with zero attached hydrogens (tertiary/aromatic N) is 3. The molecule has 5 aromatic rings. The third kappa shape index (κ3) is 8.35. The maximum Gasteiger partial charge on any atom is 0.151 e. The number of halogens is 3. The summed E-state index contributed by atoms with van der Waals surface area (Å²) in [6.07, 6.45) is 2.58. The molecule has 0 atom stereocenters. The molecular formula is C31H30BrF2N5O3S2. The molecule has 2 N–H and O–H groups in total. The smallest absolute Gasteiger partial charge is 0.151 e. The van der Waals surface area contributed by atoms with Crippen molar-refractivity contribution in [1.82, 2.24) is 20.3 Å². The van der Waals surface area contributed by atoms with Crippen LogP contribution in [0.3, 0.4) is 0 Å². The molecule has 2 aromatic heterocycles. The van der Waals surface area contributed by atoms with Gasteiger partial charge in [0.2, 0.25) is 0 Å². The molecule has 3 aromatic carbocycles. The number of nitrogens with one attached hydrogen (secondary N) is 2. The van der Waals surface area contributed by atoms with Crippen molar-refractivity contribution in [1.29, 1.82) is 0 Å². The summed E-state index contributed by atoms with van der Waals surface area (Å²) < 4.78 is 58.9. The Kier molecular flexibility index (Phi) is 10.5. The van der Waals surface area contributed by atoms with Crippen LogP contribution in [-0.2, 0) is 22.9 Å². The van der Waals surface area contributed by atoms with Crippen LogP contribution in [0.1, 0.15) is 23.9 Å². The number of hydrogen-bond donors (Lipinski definition) is 2. The average molecular weight is 703 g/mol. The SMILES string of the molecule is CCCS(=O)(=O)CCNCCc1nc(-c2cc3c(Nc4ccc(OCc5cccc(F)c5)c(Br)c4)ncnc3cc2F)cs1. The Morgan fingerprint density at radius 3 is 2.68 bits per heavy atom. The van der Waals surface area contributed by atoms with Gasteiger partial charge in [-0.05, 0) is 64.3 Å². The van der Waals surface area contributed by atoms with Crippen molar-refractivity contribution in [3.8, 4) is 17.0 Å². The number of hydrogen-bond acceptors (Lipinski definition) is 9. The number of ether oxygens (including phenoxy) is 1. The van der Waals surface area contributed by atoms with Gasteiger partial charge in [0, 0.05) is 53.3 Å². The highest BCUT2D eigenvalue weighted by Gasteiger charge is 2.15. The van der Waals surface area contributed by atoms with E-state index in [1.54, 1.807) is 24.3 Å². The number of anilines is 2. The second kappa shape index (κ2) is 14.5. The lowest BCUT2D eigenvalue weighted by atomic mass is 10.1. The zero-order valence-electron chi connectivity index (χ0n) is 23.8. The van der Waals surface area contributed by atoms with E-state index in [0.29, 0.717) is 75.4 Å². The number of rotatable bonds is 14. The maximum atomic E-state index is 15.2. The fourth-order valence-corrected chi connectivity index (χ4v) is 7.08. The molecule has 0 bridgehead atoms. The van der Waals surface area contributed by atoms with E-state index in [4.69, 9.17) is 4.74 Å².